The van der Waals surface area contributed by atoms with Crippen LogP contribution in [0.15, 0.2) is 60.7 Å². The van der Waals surface area contributed by atoms with Crippen LogP contribution in [0, 0.1) is 0 Å². The highest BCUT2D eigenvalue weighted by molar-refractivity contribution is 6.08. The second-order valence-electron chi connectivity index (χ2n) is 19.0. The lowest BCUT2D eigenvalue weighted by Crippen LogP contribution is -2.63. The summed E-state index contributed by atoms with van der Waals surface area (Å²) >= 11 is 0. The number of benzene rings is 7. The lowest BCUT2D eigenvalue weighted by atomic mass is 9.92. The van der Waals surface area contributed by atoms with Gasteiger partial charge in [-0.05, 0) is 48.5 Å². The van der Waals surface area contributed by atoms with Crippen LogP contribution in [-0.2, 0) is 28.4 Å². The van der Waals surface area contributed by atoms with E-state index < -0.39 is 261 Å². The summed E-state index contributed by atoms with van der Waals surface area (Å²) in [6, 6.07) is 3.75. The predicted octanol–water partition coefficient (Wildman–Crippen LogP) is 3.47. The maximum Gasteiger partial charge on any atom is 0.342 e. The molecule has 9 rings (SSSR count). The average Bonchev–Trinajstić information content (AvgIpc) is 1.68. The number of fused-ring (bicyclic) bond motifs is 4. The molecular formula is C55H38O36. The van der Waals surface area contributed by atoms with Gasteiger partial charge in [-0.3, -0.25) is 0 Å². The number of ether oxygens (including phenoxy) is 8. The summed E-state index contributed by atoms with van der Waals surface area (Å²) in [4.78, 5) is 96.5. The first-order chi connectivity index (χ1) is 42.7. The molecule has 7 aromatic carbocycles. The number of phenolic OH excluding ortho intramolecular Hbond substituents is 19. The molecule has 7 aromatic rings. The monoisotopic (exact) mass is 1270 g/mol. The van der Waals surface area contributed by atoms with E-state index in [0.717, 1.165) is 0 Å². The van der Waals surface area contributed by atoms with E-state index >= 15 is 0 Å². The van der Waals surface area contributed by atoms with Crippen LogP contribution in [0.2, 0.25) is 0 Å². The molecule has 0 aliphatic carbocycles. The highest BCUT2D eigenvalue weighted by Crippen LogP contribution is 2.55. The first kappa shape index (κ1) is 62.1. The van der Waals surface area contributed by atoms with E-state index in [1.54, 1.807) is 0 Å². The largest absolute Gasteiger partial charge is 0.504 e. The molecule has 474 valence electrons. The fourth-order valence-corrected chi connectivity index (χ4v) is 8.95. The molecule has 0 unspecified atom stereocenters. The van der Waals surface area contributed by atoms with Crippen molar-refractivity contribution in [2.75, 3.05) is 6.61 Å². The van der Waals surface area contributed by atoms with Crippen LogP contribution >= 0.6 is 0 Å². The Morgan fingerprint density at radius 1 is 0.374 bits per heavy atom. The summed E-state index contributed by atoms with van der Waals surface area (Å²) in [6.07, 6.45) is -13.9. The highest BCUT2D eigenvalue weighted by atomic mass is 16.7. The van der Waals surface area contributed by atoms with E-state index in [9.17, 15) is 141 Å². The zero-order chi connectivity index (χ0) is 66.8. The van der Waals surface area contributed by atoms with Gasteiger partial charge in [0.25, 0.3) is 0 Å². The third kappa shape index (κ3) is 11.1. The van der Waals surface area contributed by atoms with Gasteiger partial charge in [0.2, 0.25) is 58.4 Å². The molecule has 2 aliphatic heterocycles. The van der Waals surface area contributed by atoms with Gasteiger partial charge in [0, 0.05) is 23.3 Å². The Balaban J connectivity index is 1.24. The van der Waals surface area contributed by atoms with Gasteiger partial charge in [-0.1, -0.05) is 0 Å². The Bertz CT molecular complexity index is 4250. The van der Waals surface area contributed by atoms with Crippen LogP contribution in [-0.4, -0.2) is 186 Å². The summed E-state index contributed by atoms with van der Waals surface area (Å²) in [5.41, 5.74) is -10.1. The predicted molar refractivity (Wildman–Crippen MR) is 282 cm³/mol. The van der Waals surface area contributed by atoms with Crippen LogP contribution in [0.5, 0.6) is 132 Å². The van der Waals surface area contributed by atoms with Crippen molar-refractivity contribution in [3.05, 3.63) is 99.6 Å². The maximum absolute atomic E-state index is 14.9. The standard InChI is InChI=1S/C55H38O36/c56-19-3-13(4-20(57)32(19)66)50(79)89-46-45-29(11-84-52(81)15-7-21(58)33(67)37(71)30(15)31-16(53(82)88-45)8-22(59)34(68)38(31)72)85-55(91-51(80)14-5-27(64)44(28(65)6-14)86-41-17(49(77)78)9-23(60)35(69)39(41)73)47(46)90-54(83)18-10-24(61)36(70)40(74)42(18)87-43-25(62)1-12(48(75)76)2-26(43)63/h1-10,29,45-47,55-74H,11H2,(H,75,76)(H,77,78)/t29-,45-,46+,47-,55+/m1/s1. The maximum atomic E-state index is 14.9. The second kappa shape index (κ2) is 23.1. The number of esters is 5. The number of carbonyl (C=O) groups is 7. The molecule has 0 bridgehead atoms. The number of hydrogen-bond donors (Lipinski definition) is 21. The fraction of sp³-hybridized carbons (Fsp3) is 0.109. The molecule has 21 N–H and O–H groups in total. The Kier molecular flexibility index (Phi) is 15.8. The van der Waals surface area contributed by atoms with Gasteiger partial charge in [-0.15, -0.1) is 0 Å². The van der Waals surface area contributed by atoms with Gasteiger partial charge in [0.05, 0.1) is 27.8 Å². The number of cyclic esters (lactones) is 1. The zero-order valence-electron chi connectivity index (χ0n) is 44.4. The van der Waals surface area contributed by atoms with E-state index in [0.29, 0.717) is 54.6 Å². The molecule has 91 heavy (non-hydrogen) atoms. The molecule has 1 saturated heterocycles. The lowest BCUT2D eigenvalue weighted by Gasteiger charge is -2.43. The number of phenols is 19. The molecule has 2 aliphatic rings. The van der Waals surface area contributed by atoms with Crippen molar-refractivity contribution in [1.82, 2.24) is 0 Å². The van der Waals surface area contributed by atoms with Crippen molar-refractivity contribution in [3.63, 3.8) is 0 Å². The van der Waals surface area contributed by atoms with Crippen molar-refractivity contribution in [2.24, 2.45) is 0 Å². The SMILES string of the molecule is O=C(O)c1cc(O)c(Oc2c(C(=O)O[C@H]3[C@H](OC(=O)c4cc(O)c(Oc5c(C(=O)O)cc(O)c(O)c5O)c(O)c4)O[C@@H]4COC(=O)c5cc(O)c(O)c(O)c5-c5c(cc(O)c(O)c5O)C(=O)O[C@H]4[C@@H]3OC(=O)c3cc(O)c(O)c(O)c3)cc(O)c(O)c2O)c(O)c1. The third-order valence-corrected chi connectivity index (χ3v) is 13.3. The van der Waals surface area contributed by atoms with Crippen molar-refractivity contribution in [1.29, 1.82) is 0 Å². The minimum Gasteiger partial charge on any atom is -0.504 e. The minimum atomic E-state index is -2.96. The normalized spacial score (nSPS) is 16.9. The summed E-state index contributed by atoms with van der Waals surface area (Å²) in [5.74, 6) is -44.9. The van der Waals surface area contributed by atoms with Crippen LogP contribution in [0.1, 0.15) is 72.5 Å². The molecule has 2 heterocycles. The Morgan fingerprint density at radius 3 is 1.23 bits per heavy atom. The fourth-order valence-electron chi connectivity index (χ4n) is 8.95. The lowest BCUT2D eigenvalue weighted by molar-refractivity contribution is -0.282. The van der Waals surface area contributed by atoms with Gasteiger partial charge in [-0.2, -0.15) is 0 Å². The number of rotatable bonds is 12. The molecule has 5 atom stereocenters. The highest BCUT2D eigenvalue weighted by Gasteiger charge is 2.56. The van der Waals surface area contributed by atoms with Crippen LogP contribution in [0.4, 0.5) is 0 Å². The number of aromatic hydroxyl groups is 19. The topological polar surface area (TPSA) is 618 Å². The van der Waals surface area contributed by atoms with E-state index in [1.165, 1.54) is 0 Å². The minimum absolute atomic E-state index is 0.219. The summed E-state index contributed by atoms with van der Waals surface area (Å²) in [7, 11) is 0. The van der Waals surface area contributed by atoms with Gasteiger partial charge in [-0.25, -0.2) is 33.6 Å². The van der Waals surface area contributed by atoms with Crippen molar-refractivity contribution in [3.8, 4) is 143 Å². The second-order valence-corrected chi connectivity index (χ2v) is 19.0. The summed E-state index contributed by atoms with van der Waals surface area (Å²) < 4.78 is 44.5. The first-order valence-corrected chi connectivity index (χ1v) is 24.7. The van der Waals surface area contributed by atoms with Gasteiger partial charge in [0.1, 0.15) is 23.8 Å². The molecule has 36 heteroatoms. The number of hydrogen-bond acceptors (Lipinski definition) is 34. The molecule has 0 radical (unpaired) electrons. The van der Waals surface area contributed by atoms with E-state index in [2.05, 4.69) is 0 Å². The molecule has 0 aromatic heterocycles. The number of aromatic carboxylic acids is 2. The third-order valence-electron chi connectivity index (χ3n) is 13.3. The van der Waals surface area contributed by atoms with Crippen molar-refractivity contribution in [2.45, 2.75) is 30.7 Å². The van der Waals surface area contributed by atoms with Crippen LogP contribution in [0.3, 0.4) is 0 Å². The molecule has 1 fully saturated rings. The quantitative estimate of drug-likeness (QED) is 0.0473. The molecule has 36 nitrogen and oxygen atoms in total. The molecule has 0 spiro atoms. The van der Waals surface area contributed by atoms with Crippen molar-refractivity contribution >= 4 is 41.8 Å². The Hall–Kier alpha value is -13.4. The van der Waals surface area contributed by atoms with E-state index in [1.807, 2.05) is 0 Å². The molecule has 0 amide bonds. The smallest absolute Gasteiger partial charge is 0.342 e. The number of carboxylic acids is 2. The van der Waals surface area contributed by atoms with E-state index in [-0.39, 0.29) is 6.07 Å². The average molecular weight is 1270 g/mol. The first-order valence-electron chi connectivity index (χ1n) is 24.7. The van der Waals surface area contributed by atoms with Crippen LogP contribution in [0.25, 0.3) is 11.1 Å². The number of carboxylic acid groups (broad SMARTS) is 2. The zero-order valence-corrected chi connectivity index (χ0v) is 44.4. The Labute approximate surface area is 499 Å². The Morgan fingerprint density at radius 2 is 0.758 bits per heavy atom. The number of carbonyl (C=O) groups excluding carboxylic acids is 5. The van der Waals surface area contributed by atoms with Gasteiger partial charge < -0.3 is 145 Å². The van der Waals surface area contributed by atoms with Crippen LogP contribution < -0.4 is 9.47 Å². The van der Waals surface area contributed by atoms with E-state index in [4.69, 9.17) is 37.9 Å². The van der Waals surface area contributed by atoms with Gasteiger partial charge >= 0.3 is 41.8 Å². The van der Waals surface area contributed by atoms with Gasteiger partial charge in [0.15, 0.2) is 98.5 Å². The molecular weight excluding hydrogens is 1240 g/mol. The molecule has 0 saturated carbocycles. The summed E-state index contributed by atoms with van der Waals surface area (Å²) in [6.45, 7) is -1.47. The summed E-state index contributed by atoms with van der Waals surface area (Å²) in [5, 5.41) is 222. The van der Waals surface area contributed by atoms with Crippen molar-refractivity contribution < 1.29 is 179 Å².